The molecule has 2 heterocycles. The Bertz CT molecular complexity index is 742. The minimum atomic E-state index is 0.596. The zero-order valence-corrected chi connectivity index (χ0v) is 13.4. The summed E-state index contributed by atoms with van der Waals surface area (Å²) in [5.41, 5.74) is 0.901. The average Bonchev–Trinajstić information content (AvgIpc) is 2.96. The summed E-state index contributed by atoms with van der Waals surface area (Å²) in [6.07, 6.45) is 0. The molecule has 0 fully saturated rings. The van der Waals surface area contributed by atoms with Crippen LogP contribution in [0.3, 0.4) is 0 Å². The third-order valence-corrected chi connectivity index (χ3v) is 3.96. The normalized spacial score (nSPS) is 11.0. The molecule has 3 rings (SSSR count). The van der Waals surface area contributed by atoms with Gasteiger partial charge in [0.15, 0.2) is 0 Å². The molecule has 22 heavy (non-hydrogen) atoms. The number of nitrogens with one attached hydrogen (secondary N) is 1. The second-order valence-corrected chi connectivity index (χ2v) is 6.05. The Morgan fingerprint density at radius 2 is 1.95 bits per heavy atom. The number of para-hydroxylation sites is 1. The van der Waals surface area contributed by atoms with E-state index >= 15 is 0 Å². The Kier molecular flexibility index (Phi) is 4.50. The third-order valence-electron chi connectivity index (χ3n) is 3.07. The van der Waals surface area contributed by atoms with Crippen molar-refractivity contribution in [1.82, 2.24) is 14.9 Å². The van der Waals surface area contributed by atoms with Crippen LogP contribution in [-0.2, 0) is 0 Å². The predicted octanol–water partition coefficient (Wildman–Crippen LogP) is 3.46. The van der Waals surface area contributed by atoms with Crippen LogP contribution in [0.1, 0.15) is 0 Å². The van der Waals surface area contributed by atoms with Gasteiger partial charge in [-0.3, -0.25) is 0 Å². The van der Waals surface area contributed by atoms with Crippen molar-refractivity contribution in [2.75, 3.05) is 32.5 Å². The summed E-state index contributed by atoms with van der Waals surface area (Å²) in [7, 11) is 4.07. The van der Waals surface area contributed by atoms with E-state index in [-0.39, 0.29) is 0 Å². The van der Waals surface area contributed by atoms with Gasteiger partial charge in [0, 0.05) is 13.1 Å². The number of benzene rings is 1. The molecule has 0 bridgehead atoms. The molecule has 0 atom stereocenters. The van der Waals surface area contributed by atoms with Gasteiger partial charge in [0.05, 0.1) is 5.52 Å². The lowest BCUT2D eigenvalue weighted by atomic mass is 10.3. The number of ether oxygens (including phenoxy) is 1. The summed E-state index contributed by atoms with van der Waals surface area (Å²) in [5.74, 6) is 1.97. The van der Waals surface area contributed by atoms with Crippen molar-refractivity contribution >= 4 is 27.5 Å². The lowest BCUT2D eigenvalue weighted by Crippen LogP contribution is -2.21. The van der Waals surface area contributed by atoms with E-state index in [1.54, 1.807) is 11.3 Å². The molecule has 0 aliphatic rings. The Morgan fingerprint density at radius 1 is 1.14 bits per heavy atom. The number of likely N-dealkylation sites (N-methyl/N-ethyl adjacent to an activating group) is 1. The van der Waals surface area contributed by atoms with Crippen LogP contribution in [0.2, 0.25) is 0 Å². The molecule has 0 spiro atoms. The van der Waals surface area contributed by atoms with Crippen molar-refractivity contribution in [2.24, 2.45) is 0 Å². The van der Waals surface area contributed by atoms with Crippen molar-refractivity contribution in [3.05, 3.63) is 41.8 Å². The number of rotatable bonds is 6. The van der Waals surface area contributed by atoms with E-state index in [1.165, 1.54) is 0 Å². The van der Waals surface area contributed by atoms with Crippen LogP contribution in [0.5, 0.6) is 11.6 Å². The lowest BCUT2D eigenvalue weighted by Gasteiger charge is -2.11. The maximum Gasteiger partial charge on any atom is 0.242 e. The SMILES string of the molecule is CN(C)CCNc1nc(Oc2ccccc2)c2sccc2n1. The largest absolute Gasteiger partial charge is 0.437 e. The first-order valence-corrected chi connectivity index (χ1v) is 7.97. The second-order valence-electron chi connectivity index (χ2n) is 5.13. The Labute approximate surface area is 133 Å². The van der Waals surface area contributed by atoms with Crippen molar-refractivity contribution in [3.8, 4) is 11.6 Å². The summed E-state index contributed by atoms with van der Waals surface area (Å²) in [6, 6.07) is 11.7. The van der Waals surface area contributed by atoms with Gasteiger partial charge in [-0.15, -0.1) is 11.3 Å². The Morgan fingerprint density at radius 3 is 2.73 bits per heavy atom. The van der Waals surface area contributed by atoms with Crippen LogP contribution in [0.15, 0.2) is 41.8 Å². The van der Waals surface area contributed by atoms with Crippen LogP contribution < -0.4 is 10.1 Å². The quantitative estimate of drug-likeness (QED) is 0.755. The molecule has 0 radical (unpaired) electrons. The van der Waals surface area contributed by atoms with Crippen molar-refractivity contribution in [1.29, 1.82) is 0 Å². The fourth-order valence-corrected chi connectivity index (χ4v) is 2.73. The molecule has 3 aromatic rings. The topological polar surface area (TPSA) is 50.3 Å². The highest BCUT2D eigenvalue weighted by atomic mass is 32.1. The number of hydrogen-bond acceptors (Lipinski definition) is 6. The Hall–Kier alpha value is -2.18. The highest BCUT2D eigenvalue weighted by molar-refractivity contribution is 7.17. The summed E-state index contributed by atoms with van der Waals surface area (Å²) in [6.45, 7) is 1.70. The highest BCUT2D eigenvalue weighted by Gasteiger charge is 2.11. The first kappa shape index (κ1) is 14.7. The van der Waals surface area contributed by atoms with Crippen molar-refractivity contribution in [2.45, 2.75) is 0 Å². The summed E-state index contributed by atoms with van der Waals surface area (Å²) in [4.78, 5) is 11.1. The number of hydrogen-bond donors (Lipinski definition) is 1. The van der Waals surface area contributed by atoms with Crippen LogP contribution in [0, 0.1) is 0 Å². The van der Waals surface area contributed by atoms with Crippen molar-refractivity contribution < 1.29 is 4.74 Å². The van der Waals surface area contributed by atoms with Crippen LogP contribution in [-0.4, -0.2) is 42.1 Å². The fourth-order valence-electron chi connectivity index (χ4n) is 1.98. The molecule has 1 aromatic carbocycles. The smallest absolute Gasteiger partial charge is 0.242 e. The monoisotopic (exact) mass is 314 g/mol. The van der Waals surface area contributed by atoms with E-state index in [9.17, 15) is 0 Å². The average molecular weight is 314 g/mol. The number of thiophene rings is 1. The zero-order valence-electron chi connectivity index (χ0n) is 12.6. The van der Waals surface area contributed by atoms with Crippen LogP contribution in [0.25, 0.3) is 10.2 Å². The number of anilines is 1. The maximum absolute atomic E-state index is 5.93. The fraction of sp³-hybridized carbons (Fsp3) is 0.250. The molecule has 6 heteroatoms. The number of fused-ring (bicyclic) bond motifs is 1. The van der Waals surface area contributed by atoms with Gasteiger partial charge in [0.1, 0.15) is 10.4 Å². The molecule has 0 aliphatic carbocycles. The molecule has 0 amide bonds. The third kappa shape index (κ3) is 3.52. The molecular weight excluding hydrogens is 296 g/mol. The van der Waals surface area contributed by atoms with Gasteiger partial charge in [-0.2, -0.15) is 4.98 Å². The zero-order chi connectivity index (χ0) is 15.4. The van der Waals surface area contributed by atoms with Gasteiger partial charge in [-0.1, -0.05) is 18.2 Å². The predicted molar refractivity (Wildman–Crippen MR) is 91.0 cm³/mol. The van der Waals surface area contributed by atoms with Gasteiger partial charge in [-0.25, -0.2) is 4.98 Å². The summed E-state index contributed by atoms with van der Waals surface area (Å²) >= 11 is 1.58. The molecule has 1 N–H and O–H groups in total. The molecule has 5 nitrogen and oxygen atoms in total. The van der Waals surface area contributed by atoms with Gasteiger partial charge < -0.3 is 15.0 Å². The second kappa shape index (κ2) is 6.72. The molecular formula is C16H18N4OS. The first-order chi connectivity index (χ1) is 10.7. The number of nitrogens with zero attached hydrogens (tertiary/aromatic N) is 3. The van der Waals surface area contributed by atoms with E-state index in [0.29, 0.717) is 11.8 Å². The van der Waals surface area contributed by atoms with Crippen LogP contribution in [0.4, 0.5) is 5.95 Å². The molecule has 0 aliphatic heterocycles. The standard InChI is InChI=1S/C16H18N4OS/c1-20(2)10-9-17-16-18-13-8-11-22-14(13)15(19-16)21-12-6-4-3-5-7-12/h3-8,11H,9-10H2,1-2H3,(H,17,18,19). The lowest BCUT2D eigenvalue weighted by molar-refractivity contribution is 0.424. The van der Waals surface area contributed by atoms with Gasteiger partial charge >= 0.3 is 0 Å². The summed E-state index contributed by atoms with van der Waals surface area (Å²) < 4.78 is 6.89. The molecule has 114 valence electrons. The number of aromatic nitrogens is 2. The first-order valence-electron chi connectivity index (χ1n) is 7.09. The van der Waals surface area contributed by atoms with E-state index in [1.807, 2.05) is 55.9 Å². The molecule has 0 saturated carbocycles. The molecule has 0 unspecified atom stereocenters. The minimum Gasteiger partial charge on any atom is -0.437 e. The molecule has 2 aromatic heterocycles. The summed E-state index contributed by atoms with van der Waals surface area (Å²) in [5, 5.41) is 5.25. The van der Waals surface area contributed by atoms with E-state index in [4.69, 9.17) is 4.74 Å². The van der Waals surface area contributed by atoms with Crippen LogP contribution >= 0.6 is 11.3 Å². The van der Waals surface area contributed by atoms with Gasteiger partial charge in [0.25, 0.3) is 0 Å². The minimum absolute atomic E-state index is 0.596. The Balaban J connectivity index is 1.85. The van der Waals surface area contributed by atoms with Gasteiger partial charge in [-0.05, 0) is 37.7 Å². The molecule has 0 saturated heterocycles. The van der Waals surface area contributed by atoms with E-state index in [2.05, 4.69) is 20.2 Å². The highest BCUT2D eigenvalue weighted by Crippen LogP contribution is 2.32. The van der Waals surface area contributed by atoms with E-state index < -0.39 is 0 Å². The van der Waals surface area contributed by atoms with Crippen molar-refractivity contribution in [3.63, 3.8) is 0 Å². The van der Waals surface area contributed by atoms with Gasteiger partial charge in [0.2, 0.25) is 11.8 Å². The van der Waals surface area contributed by atoms with E-state index in [0.717, 1.165) is 29.1 Å². The maximum atomic E-state index is 5.93.